The zero-order valence-electron chi connectivity index (χ0n) is 11.7. The van der Waals surface area contributed by atoms with E-state index in [0.29, 0.717) is 11.9 Å². The first kappa shape index (κ1) is 13.8. The van der Waals surface area contributed by atoms with Crippen molar-refractivity contribution in [1.29, 1.82) is 0 Å². The van der Waals surface area contributed by atoms with Gasteiger partial charge in [0.1, 0.15) is 0 Å². The second-order valence-electron chi connectivity index (χ2n) is 5.37. The summed E-state index contributed by atoms with van der Waals surface area (Å²) in [6.07, 6.45) is 4.19. The minimum absolute atomic E-state index is 0.116. The highest BCUT2D eigenvalue weighted by atomic mass is 16.5. The van der Waals surface area contributed by atoms with E-state index >= 15 is 0 Å². The molecule has 4 heteroatoms. The first-order valence-corrected chi connectivity index (χ1v) is 7.40. The standard InChI is InChI=1S/C14H26N2O2/c1-3-13-12(7-10-18-13)14(17)16-8-5-11(6-9-16)15-4-2/h11-13,15H,3-10H2,1-2H3. The highest BCUT2D eigenvalue weighted by Crippen LogP contribution is 2.26. The van der Waals surface area contributed by atoms with Gasteiger partial charge >= 0.3 is 0 Å². The fourth-order valence-corrected chi connectivity index (χ4v) is 3.16. The van der Waals surface area contributed by atoms with Crippen LogP contribution in [0.25, 0.3) is 0 Å². The Labute approximate surface area is 110 Å². The molecule has 2 unspecified atom stereocenters. The van der Waals surface area contributed by atoms with Gasteiger partial charge in [0, 0.05) is 25.7 Å². The first-order valence-electron chi connectivity index (χ1n) is 7.40. The summed E-state index contributed by atoms with van der Waals surface area (Å²) < 4.78 is 5.63. The molecule has 0 aromatic rings. The molecular formula is C14H26N2O2. The molecule has 1 N–H and O–H groups in total. The number of nitrogens with zero attached hydrogens (tertiary/aromatic N) is 1. The van der Waals surface area contributed by atoms with Crippen molar-refractivity contribution in [3.63, 3.8) is 0 Å². The van der Waals surface area contributed by atoms with Gasteiger partial charge in [-0.3, -0.25) is 4.79 Å². The molecule has 0 aromatic heterocycles. The predicted molar refractivity (Wildman–Crippen MR) is 71.4 cm³/mol. The van der Waals surface area contributed by atoms with Crippen molar-refractivity contribution in [3.05, 3.63) is 0 Å². The van der Waals surface area contributed by atoms with Crippen LogP contribution in [-0.4, -0.2) is 49.2 Å². The third-order valence-corrected chi connectivity index (χ3v) is 4.23. The van der Waals surface area contributed by atoms with Crippen LogP contribution in [0.2, 0.25) is 0 Å². The molecule has 2 heterocycles. The normalized spacial score (nSPS) is 29.8. The Hall–Kier alpha value is -0.610. The number of carbonyl (C=O) groups excluding carboxylic acids is 1. The van der Waals surface area contributed by atoms with E-state index < -0.39 is 0 Å². The summed E-state index contributed by atoms with van der Waals surface area (Å²) in [6, 6.07) is 0.598. The monoisotopic (exact) mass is 254 g/mol. The molecule has 4 nitrogen and oxygen atoms in total. The smallest absolute Gasteiger partial charge is 0.228 e. The van der Waals surface area contributed by atoms with Gasteiger partial charge < -0.3 is 15.0 Å². The SMILES string of the molecule is CCNC1CCN(C(=O)C2CCOC2CC)CC1. The molecule has 2 fully saturated rings. The van der Waals surface area contributed by atoms with E-state index in [1.807, 2.05) is 0 Å². The fourth-order valence-electron chi connectivity index (χ4n) is 3.16. The average Bonchev–Trinajstić information content (AvgIpc) is 2.87. The van der Waals surface area contributed by atoms with E-state index in [-0.39, 0.29) is 12.0 Å². The summed E-state index contributed by atoms with van der Waals surface area (Å²) in [5.74, 6) is 0.444. The predicted octanol–water partition coefficient (Wildman–Crippen LogP) is 1.40. The topological polar surface area (TPSA) is 41.6 Å². The highest BCUT2D eigenvalue weighted by Gasteiger charge is 2.36. The molecule has 104 valence electrons. The van der Waals surface area contributed by atoms with E-state index in [4.69, 9.17) is 4.74 Å². The minimum Gasteiger partial charge on any atom is -0.377 e. The molecule has 2 atom stereocenters. The van der Waals surface area contributed by atoms with Crippen LogP contribution in [0.15, 0.2) is 0 Å². The number of amides is 1. The lowest BCUT2D eigenvalue weighted by atomic mass is 9.96. The average molecular weight is 254 g/mol. The van der Waals surface area contributed by atoms with E-state index in [1.165, 1.54) is 0 Å². The summed E-state index contributed by atoms with van der Waals surface area (Å²) in [5, 5.41) is 3.47. The van der Waals surface area contributed by atoms with Gasteiger partial charge in [0.05, 0.1) is 12.0 Å². The van der Waals surface area contributed by atoms with Crippen LogP contribution in [-0.2, 0) is 9.53 Å². The molecular weight excluding hydrogens is 228 g/mol. The second kappa shape index (κ2) is 6.53. The van der Waals surface area contributed by atoms with Crippen molar-refractivity contribution in [3.8, 4) is 0 Å². The molecule has 0 aliphatic carbocycles. The van der Waals surface area contributed by atoms with Crippen molar-refractivity contribution in [2.45, 2.75) is 51.7 Å². The minimum atomic E-state index is 0.116. The third kappa shape index (κ3) is 3.04. The quantitative estimate of drug-likeness (QED) is 0.824. The molecule has 0 radical (unpaired) electrons. The maximum atomic E-state index is 12.5. The molecule has 18 heavy (non-hydrogen) atoms. The maximum Gasteiger partial charge on any atom is 0.228 e. The van der Waals surface area contributed by atoms with Gasteiger partial charge in [-0.25, -0.2) is 0 Å². The number of nitrogens with one attached hydrogen (secondary N) is 1. The fraction of sp³-hybridized carbons (Fsp3) is 0.929. The molecule has 0 bridgehead atoms. The number of piperidine rings is 1. The van der Waals surface area contributed by atoms with Crippen molar-refractivity contribution < 1.29 is 9.53 Å². The third-order valence-electron chi connectivity index (χ3n) is 4.23. The van der Waals surface area contributed by atoms with Crippen LogP contribution in [0.4, 0.5) is 0 Å². The van der Waals surface area contributed by atoms with E-state index in [2.05, 4.69) is 24.1 Å². The van der Waals surface area contributed by atoms with E-state index in [1.54, 1.807) is 0 Å². The molecule has 0 spiro atoms. The number of hydrogen-bond donors (Lipinski definition) is 1. The zero-order chi connectivity index (χ0) is 13.0. The molecule has 2 aliphatic heterocycles. The van der Waals surface area contributed by atoms with Gasteiger partial charge in [-0.1, -0.05) is 13.8 Å². The molecule has 2 aliphatic rings. The lowest BCUT2D eigenvalue weighted by Gasteiger charge is -2.34. The lowest BCUT2D eigenvalue weighted by molar-refractivity contribution is -0.138. The Bertz CT molecular complexity index is 275. The Balaban J connectivity index is 1.83. The lowest BCUT2D eigenvalue weighted by Crippen LogP contribution is -2.47. The van der Waals surface area contributed by atoms with Gasteiger partial charge in [0.2, 0.25) is 5.91 Å². The molecule has 1 amide bonds. The summed E-state index contributed by atoms with van der Waals surface area (Å²) in [7, 11) is 0. The van der Waals surface area contributed by atoms with Crippen LogP contribution in [0.5, 0.6) is 0 Å². The van der Waals surface area contributed by atoms with Gasteiger partial charge in [0.15, 0.2) is 0 Å². The van der Waals surface area contributed by atoms with Gasteiger partial charge in [-0.15, -0.1) is 0 Å². The summed E-state index contributed by atoms with van der Waals surface area (Å²) in [6.45, 7) is 7.83. The zero-order valence-corrected chi connectivity index (χ0v) is 11.7. The Morgan fingerprint density at radius 2 is 2.00 bits per heavy atom. The van der Waals surface area contributed by atoms with Gasteiger partial charge in [-0.05, 0) is 32.2 Å². The van der Waals surface area contributed by atoms with Gasteiger partial charge in [-0.2, -0.15) is 0 Å². The molecule has 0 aromatic carbocycles. The number of rotatable bonds is 4. The van der Waals surface area contributed by atoms with Crippen LogP contribution in [0, 0.1) is 5.92 Å². The van der Waals surface area contributed by atoms with Crippen LogP contribution < -0.4 is 5.32 Å². The summed E-state index contributed by atoms with van der Waals surface area (Å²) in [4.78, 5) is 14.5. The molecule has 2 saturated heterocycles. The number of likely N-dealkylation sites (tertiary alicyclic amines) is 1. The Morgan fingerprint density at radius 1 is 1.28 bits per heavy atom. The van der Waals surface area contributed by atoms with Crippen molar-refractivity contribution >= 4 is 5.91 Å². The van der Waals surface area contributed by atoms with Crippen LogP contribution in [0.1, 0.15) is 39.5 Å². The van der Waals surface area contributed by atoms with E-state index in [9.17, 15) is 4.79 Å². The summed E-state index contributed by atoms with van der Waals surface area (Å²) >= 11 is 0. The number of carbonyl (C=O) groups is 1. The number of ether oxygens (including phenoxy) is 1. The Kier molecular flexibility index (Phi) is 5.01. The highest BCUT2D eigenvalue weighted by molar-refractivity contribution is 5.79. The molecule has 0 saturated carbocycles. The second-order valence-corrected chi connectivity index (χ2v) is 5.37. The number of hydrogen-bond acceptors (Lipinski definition) is 3. The van der Waals surface area contributed by atoms with Crippen molar-refractivity contribution in [2.75, 3.05) is 26.2 Å². The summed E-state index contributed by atoms with van der Waals surface area (Å²) in [5.41, 5.74) is 0. The van der Waals surface area contributed by atoms with Crippen LogP contribution in [0.3, 0.4) is 0 Å². The van der Waals surface area contributed by atoms with Crippen LogP contribution >= 0.6 is 0 Å². The van der Waals surface area contributed by atoms with Crippen molar-refractivity contribution in [2.24, 2.45) is 5.92 Å². The van der Waals surface area contributed by atoms with Gasteiger partial charge in [0.25, 0.3) is 0 Å². The largest absolute Gasteiger partial charge is 0.377 e. The molecule has 2 rings (SSSR count). The Morgan fingerprint density at radius 3 is 2.61 bits per heavy atom. The van der Waals surface area contributed by atoms with Crippen molar-refractivity contribution in [1.82, 2.24) is 10.2 Å². The first-order chi connectivity index (χ1) is 8.76. The van der Waals surface area contributed by atoms with E-state index in [0.717, 1.165) is 51.9 Å². The maximum absolute atomic E-state index is 12.5.